The zero-order valence-electron chi connectivity index (χ0n) is 11.2. The fourth-order valence-corrected chi connectivity index (χ4v) is 2.42. The number of aromatic carboxylic acids is 1. The van der Waals surface area contributed by atoms with E-state index in [1.807, 2.05) is 0 Å². The van der Waals surface area contributed by atoms with E-state index in [0.717, 1.165) is 31.8 Å². The van der Waals surface area contributed by atoms with Crippen LogP contribution in [0.15, 0.2) is 10.7 Å². The molecule has 0 unspecified atom stereocenters. The van der Waals surface area contributed by atoms with Crippen LogP contribution in [-0.4, -0.2) is 54.2 Å². The summed E-state index contributed by atoms with van der Waals surface area (Å²) in [4.78, 5) is 17.3. The number of hydrogen-bond donors (Lipinski definition) is 1. The summed E-state index contributed by atoms with van der Waals surface area (Å²) in [6.07, 6.45) is 3.75. The zero-order chi connectivity index (χ0) is 14.4. The Morgan fingerprint density at radius 2 is 2.24 bits per heavy atom. The first-order chi connectivity index (χ1) is 10.2. The highest BCUT2D eigenvalue weighted by Gasteiger charge is 2.32. The van der Waals surface area contributed by atoms with Crippen LogP contribution in [0.2, 0.25) is 0 Å². The van der Waals surface area contributed by atoms with Gasteiger partial charge in [-0.05, 0) is 12.8 Å². The van der Waals surface area contributed by atoms with E-state index in [9.17, 15) is 4.79 Å². The topological polar surface area (TPSA) is 110 Å². The molecule has 0 atom stereocenters. The zero-order valence-corrected chi connectivity index (χ0v) is 11.2. The minimum Gasteiger partial charge on any atom is -0.476 e. The second-order valence-corrected chi connectivity index (χ2v) is 5.56. The van der Waals surface area contributed by atoms with Gasteiger partial charge >= 0.3 is 5.97 Å². The maximum atomic E-state index is 10.8. The summed E-state index contributed by atoms with van der Waals surface area (Å²) in [6, 6.07) is 0.153. The lowest BCUT2D eigenvalue weighted by molar-refractivity contribution is 0.0689. The molecule has 1 aliphatic heterocycles. The predicted octanol–water partition coefficient (Wildman–Crippen LogP) is 0.294. The molecule has 0 bridgehead atoms. The SMILES string of the molecule is O=C(O)c1cn(C2CN(Cc3noc(C4CC4)n3)C2)nn1. The van der Waals surface area contributed by atoms with Gasteiger partial charge in [0, 0.05) is 19.0 Å². The molecule has 1 saturated carbocycles. The molecule has 2 aromatic heterocycles. The molecule has 9 heteroatoms. The average molecular weight is 290 g/mol. The molecule has 110 valence electrons. The Bertz CT molecular complexity index is 670. The Hall–Kier alpha value is -2.29. The summed E-state index contributed by atoms with van der Waals surface area (Å²) in [7, 11) is 0. The van der Waals surface area contributed by atoms with Crippen LogP contribution in [0.3, 0.4) is 0 Å². The van der Waals surface area contributed by atoms with Crippen LogP contribution < -0.4 is 0 Å². The molecule has 2 fully saturated rings. The molecule has 3 heterocycles. The summed E-state index contributed by atoms with van der Waals surface area (Å²) in [5.41, 5.74) is -0.0271. The van der Waals surface area contributed by atoms with E-state index in [1.165, 1.54) is 6.20 Å². The highest BCUT2D eigenvalue weighted by Crippen LogP contribution is 2.38. The second kappa shape index (κ2) is 4.62. The molecule has 0 amide bonds. The molecule has 0 spiro atoms. The van der Waals surface area contributed by atoms with Crippen molar-refractivity contribution in [2.24, 2.45) is 0 Å². The number of carboxylic acid groups (broad SMARTS) is 1. The first-order valence-electron chi connectivity index (χ1n) is 6.89. The van der Waals surface area contributed by atoms with Crippen LogP contribution in [0.4, 0.5) is 0 Å². The molecule has 2 aromatic rings. The van der Waals surface area contributed by atoms with Crippen molar-refractivity contribution in [2.75, 3.05) is 13.1 Å². The van der Waals surface area contributed by atoms with Crippen molar-refractivity contribution in [3.8, 4) is 0 Å². The number of nitrogens with zero attached hydrogens (tertiary/aromatic N) is 6. The summed E-state index contributed by atoms with van der Waals surface area (Å²) >= 11 is 0. The fourth-order valence-electron chi connectivity index (χ4n) is 2.42. The molecular weight excluding hydrogens is 276 g/mol. The van der Waals surface area contributed by atoms with Gasteiger partial charge in [0.1, 0.15) is 0 Å². The van der Waals surface area contributed by atoms with E-state index in [4.69, 9.17) is 9.63 Å². The molecular formula is C12H14N6O3. The Morgan fingerprint density at radius 3 is 2.90 bits per heavy atom. The number of rotatable bonds is 5. The Balaban J connectivity index is 1.32. The van der Waals surface area contributed by atoms with Crippen LogP contribution in [0.1, 0.15) is 47.0 Å². The van der Waals surface area contributed by atoms with Gasteiger partial charge in [-0.15, -0.1) is 5.10 Å². The van der Waals surface area contributed by atoms with E-state index >= 15 is 0 Å². The quantitative estimate of drug-likeness (QED) is 0.836. The van der Waals surface area contributed by atoms with Crippen molar-refractivity contribution < 1.29 is 14.4 Å². The summed E-state index contributed by atoms with van der Waals surface area (Å²) < 4.78 is 6.82. The van der Waals surface area contributed by atoms with Crippen LogP contribution >= 0.6 is 0 Å². The minimum absolute atomic E-state index is 0.0271. The standard InChI is InChI=1S/C12H14N6O3/c19-12(20)9-5-18(16-14-9)8-3-17(4-8)6-10-13-11(21-15-10)7-1-2-7/h5,7-8H,1-4,6H2,(H,19,20). The maximum Gasteiger partial charge on any atom is 0.358 e. The van der Waals surface area contributed by atoms with Gasteiger partial charge in [-0.25, -0.2) is 9.48 Å². The predicted molar refractivity (Wildman–Crippen MR) is 67.6 cm³/mol. The number of carbonyl (C=O) groups is 1. The Labute approximate surface area is 119 Å². The van der Waals surface area contributed by atoms with Crippen LogP contribution in [0.5, 0.6) is 0 Å². The second-order valence-electron chi connectivity index (χ2n) is 5.56. The number of hydrogen-bond acceptors (Lipinski definition) is 7. The van der Waals surface area contributed by atoms with E-state index in [0.29, 0.717) is 18.3 Å². The summed E-state index contributed by atoms with van der Waals surface area (Å²) in [5, 5.41) is 20.3. The van der Waals surface area contributed by atoms with Gasteiger partial charge in [0.2, 0.25) is 5.89 Å². The van der Waals surface area contributed by atoms with Gasteiger partial charge in [0.05, 0.1) is 18.8 Å². The average Bonchev–Trinajstić information content (AvgIpc) is 2.98. The lowest BCUT2D eigenvalue weighted by Gasteiger charge is -2.37. The molecule has 0 radical (unpaired) electrons. The third-order valence-electron chi connectivity index (χ3n) is 3.82. The van der Waals surface area contributed by atoms with E-state index in [1.54, 1.807) is 4.68 Å². The third kappa shape index (κ3) is 2.40. The van der Waals surface area contributed by atoms with E-state index in [-0.39, 0.29) is 11.7 Å². The Morgan fingerprint density at radius 1 is 1.43 bits per heavy atom. The monoisotopic (exact) mass is 290 g/mol. The molecule has 9 nitrogen and oxygen atoms in total. The summed E-state index contributed by atoms with van der Waals surface area (Å²) in [6.45, 7) is 2.19. The number of aromatic nitrogens is 5. The lowest BCUT2D eigenvalue weighted by Crippen LogP contribution is -2.47. The van der Waals surface area contributed by atoms with Crippen molar-refractivity contribution in [1.29, 1.82) is 0 Å². The van der Waals surface area contributed by atoms with Crippen molar-refractivity contribution in [1.82, 2.24) is 30.0 Å². The van der Waals surface area contributed by atoms with Crippen LogP contribution in [0.25, 0.3) is 0 Å². The lowest BCUT2D eigenvalue weighted by atomic mass is 10.1. The smallest absolute Gasteiger partial charge is 0.358 e. The molecule has 21 heavy (non-hydrogen) atoms. The molecule has 1 aliphatic carbocycles. The van der Waals surface area contributed by atoms with E-state index in [2.05, 4.69) is 25.4 Å². The van der Waals surface area contributed by atoms with E-state index < -0.39 is 5.97 Å². The van der Waals surface area contributed by atoms with Crippen molar-refractivity contribution in [3.63, 3.8) is 0 Å². The minimum atomic E-state index is -1.06. The van der Waals surface area contributed by atoms with Gasteiger partial charge in [-0.3, -0.25) is 4.90 Å². The van der Waals surface area contributed by atoms with Crippen LogP contribution in [-0.2, 0) is 6.54 Å². The van der Waals surface area contributed by atoms with Gasteiger partial charge < -0.3 is 9.63 Å². The maximum absolute atomic E-state index is 10.8. The van der Waals surface area contributed by atoms with Crippen molar-refractivity contribution >= 4 is 5.97 Å². The Kier molecular flexibility index (Phi) is 2.74. The molecule has 0 aromatic carbocycles. The molecule has 1 N–H and O–H groups in total. The number of carboxylic acids is 1. The highest BCUT2D eigenvalue weighted by atomic mass is 16.5. The normalized spacial score (nSPS) is 19.6. The third-order valence-corrected chi connectivity index (χ3v) is 3.82. The number of likely N-dealkylation sites (tertiary alicyclic amines) is 1. The molecule has 1 saturated heterocycles. The van der Waals surface area contributed by atoms with Gasteiger partial charge in [0.15, 0.2) is 11.5 Å². The first-order valence-corrected chi connectivity index (χ1v) is 6.89. The molecule has 4 rings (SSSR count). The van der Waals surface area contributed by atoms with Gasteiger partial charge in [0.25, 0.3) is 0 Å². The fraction of sp³-hybridized carbons (Fsp3) is 0.583. The van der Waals surface area contributed by atoms with Crippen LogP contribution in [0, 0.1) is 0 Å². The largest absolute Gasteiger partial charge is 0.476 e. The van der Waals surface area contributed by atoms with Crippen molar-refractivity contribution in [2.45, 2.75) is 31.3 Å². The van der Waals surface area contributed by atoms with Gasteiger partial charge in [-0.1, -0.05) is 10.4 Å². The highest BCUT2D eigenvalue weighted by molar-refractivity contribution is 5.84. The summed E-state index contributed by atoms with van der Waals surface area (Å²) in [5.74, 6) is 0.876. The van der Waals surface area contributed by atoms with Gasteiger partial charge in [-0.2, -0.15) is 4.98 Å². The molecule has 2 aliphatic rings. The van der Waals surface area contributed by atoms with Crippen molar-refractivity contribution in [3.05, 3.63) is 23.6 Å². The first kappa shape index (κ1) is 12.5.